The van der Waals surface area contributed by atoms with Gasteiger partial charge in [0, 0.05) is 33.4 Å². The average molecular weight is 721 g/mol. The molecule has 1 rings (SSSR count). The van der Waals surface area contributed by atoms with Crippen molar-refractivity contribution in [3.05, 3.63) is 29.8 Å². The van der Waals surface area contributed by atoms with E-state index >= 15 is 0 Å². The number of anilines is 1. The fourth-order valence-electron chi connectivity index (χ4n) is 5.77. The highest BCUT2D eigenvalue weighted by Crippen LogP contribution is 2.23. The molecule has 7 amide bonds. The standard InChI is InChI=1S/C35H60N8O8/c1-10-22(6)30(26(50-9)18-27(37)44)42(7)33(47)28(20(2)3)41-32(46)29(21(4)5)43(8)35(49)51-19-23-13-15-24(16-14-23)40-31(45)25(36)12-11-17-39-34(38)48/h13-16,20-22,25-26,28-30H,10-12,17-19,36H2,1-9H3,(H2,37,44)(H,40,45)(H,41,46)(H3,38,39,48)/t22-,25-,26+,28-,29-,30?/m0/s1. The molecule has 9 N–H and O–H groups in total. The number of urea groups is 1. The van der Waals surface area contributed by atoms with Crippen molar-refractivity contribution in [3.63, 3.8) is 0 Å². The average Bonchev–Trinajstić information content (AvgIpc) is 3.06. The monoisotopic (exact) mass is 720 g/mol. The number of likely N-dealkylation sites (N-methyl/N-ethyl adjacent to an activating group) is 2. The van der Waals surface area contributed by atoms with Gasteiger partial charge < -0.3 is 47.5 Å². The van der Waals surface area contributed by atoms with E-state index in [2.05, 4.69) is 16.0 Å². The van der Waals surface area contributed by atoms with E-state index in [4.69, 9.17) is 26.7 Å². The van der Waals surface area contributed by atoms with Crippen LogP contribution in [0.25, 0.3) is 0 Å². The van der Waals surface area contributed by atoms with Gasteiger partial charge in [0.15, 0.2) is 0 Å². The van der Waals surface area contributed by atoms with Crippen LogP contribution in [0.5, 0.6) is 0 Å². The van der Waals surface area contributed by atoms with Gasteiger partial charge in [0.1, 0.15) is 18.7 Å². The molecule has 0 fully saturated rings. The summed E-state index contributed by atoms with van der Waals surface area (Å²) < 4.78 is 11.1. The Hall–Kier alpha value is -4.44. The predicted molar refractivity (Wildman–Crippen MR) is 194 cm³/mol. The molecule has 0 saturated carbocycles. The summed E-state index contributed by atoms with van der Waals surface area (Å²) in [5.41, 5.74) is 17.6. The second-order valence-corrected chi connectivity index (χ2v) is 13.6. The number of primary amides is 2. The van der Waals surface area contributed by atoms with Crippen LogP contribution in [-0.2, 0) is 35.3 Å². The van der Waals surface area contributed by atoms with Crippen LogP contribution in [0.2, 0.25) is 0 Å². The molecule has 1 aromatic rings. The van der Waals surface area contributed by atoms with E-state index in [1.54, 1.807) is 45.2 Å². The number of carbonyl (C=O) groups is 6. The summed E-state index contributed by atoms with van der Waals surface area (Å²) in [4.78, 5) is 78.5. The number of nitrogens with one attached hydrogen (secondary N) is 3. The van der Waals surface area contributed by atoms with Gasteiger partial charge in [0.05, 0.1) is 24.6 Å². The lowest BCUT2D eigenvalue weighted by Crippen LogP contribution is -2.60. The fourth-order valence-corrected chi connectivity index (χ4v) is 5.77. The lowest BCUT2D eigenvalue weighted by Gasteiger charge is -2.40. The van der Waals surface area contributed by atoms with Crippen molar-refractivity contribution in [2.75, 3.05) is 33.1 Å². The molecule has 288 valence electrons. The third kappa shape index (κ3) is 14.4. The minimum Gasteiger partial charge on any atom is -0.445 e. The molecular formula is C35H60N8O8. The largest absolute Gasteiger partial charge is 0.445 e. The van der Waals surface area contributed by atoms with Crippen molar-refractivity contribution in [2.45, 2.75) is 104 Å². The maximum Gasteiger partial charge on any atom is 0.410 e. The predicted octanol–water partition coefficient (Wildman–Crippen LogP) is 1.90. The van der Waals surface area contributed by atoms with Gasteiger partial charge in [-0.3, -0.25) is 24.1 Å². The van der Waals surface area contributed by atoms with E-state index in [-0.39, 0.29) is 36.7 Å². The first-order valence-corrected chi connectivity index (χ1v) is 17.3. The van der Waals surface area contributed by atoms with E-state index in [9.17, 15) is 28.8 Å². The maximum atomic E-state index is 13.9. The van der Waals surface area contributed by atoms with Gasteiger partial charge in [-0.15, -0.1) is 0 Å². The molecule has 0 spiro atoms. The van der Waals surface area contributed by atoms with Gasteiger partial charge in [-0.05, 0) is 48.3 Å². The smallest absolute Gasteiger partial charge is 0.410 e. The van der Waals surface area contributed by atoms with Gasteiger partial charge in [-0.25, -0.2) is 9.59 Å². The van der Waals surface area contributed by atoms with E-state index in [0.717, 1.165) is 0 Å². The summed E-state index contributed by atoms with van der Waals surface area (Å²) in [5, 5.41) is 8.03. The zero-order valence-electron chi connectivity index (χ0n) is 31.6. The first kappa shape index (κ1) is 44.6. The first-order chi connectivity index (χ1) is 23.9. The topological polar surface area (TPSA) is 242 Å². The zero-order valence-corrected chi connectivity index (χ0v) is 31.6. The van der Waals surface area contributed by atoms with Crippen LogP contribution < -0.4 is 33.2 Å². The minimum atomic E-state index is -0.961. The molecule has 0 aliphatic heterocycles. The molecule has 0 bridgehead atoms. The quantitative estimate of drug-likeness (QED) is 0.102. The van der Waals surface area contributed by atoms with Crippen LogP contribution in [-0.4, -0.2) is 104 Å². The maximum absolute atomic E-state index is 13.9. The number of benzene rings is 1. The van der Waals surface area contributed by atoms with E-state index in [1.165, 1.54) is 24.0 Å². The lowest BCUT2D eigenvalue weighted by atomic mass is 9.89. The molecule has 16 nitrogen and oxygen atoms in total. The molecule has 0 aliphatic carbocycles. The zero-order chi connectivity index (χ0) is 39.0. The molecule has 1 unspecified atom stereocenters. The fraction of sp³-hybridized carbons (Fsp3) is 0.657. The Morgan fingerprint density at radius 2 is 1.49 bits per heavy atom. The second-order valence-electron chi connectivity index (χ2n) is 13.6. The highest BCUT2D eigenvalue weighted by Gasteiger charge is 2.39. The molecule has 0 saturated heterocycles. The summed E-state index contributed by atoms with van der Waals surface area (Å²) >= 11 is 0. The molecule has 0 radical (unpaired) electrons. The van der Waals surface area contributed by atoms with Crippen molar-refractivity contribution in [1.29, 1.82) is 0 Å². The number of ether oxygens (including phenoxy) is 2. The van der Waals surface area contributed by atoms with Gasteiger partial charge in [0.2, 0.25) is 23.6 Å². The molecule has 0 heterocycles. The number of carbonyl (C=O) groups excluding carboxylic acids is 6. The van der Waals surface area contributed by atoms with Crippen LogP contribution in [0.3, 0.4) is 0 Å². The number of methoxy groups -OCH3 is 1. The van der Waals surface area contributed by atoms with E-state index < -0.39 is 60.1 Å². The van der Waals surface area contributed by atoms with Gasteiger partial charge in [0.25, 0.3) is 0 Å². The van der Waals surface area contributed by atoms with E-state index in [0.29, 0.717) is 37.1 Å². The number of hydrogen-bond acceptors (Lipinski definition) is 9. The summed E-state index contributed by atoms with van der Waals surface area (Å²) in [6.45, 7) is 11.3. The van der Waals surface area contributed by atoms with Gasteiger partial charge in [-0.1, -0.05) is 60.1 Å². The Labute approximate surface area is 301 Å². The third-order valence-corrected chi connectivity index (χ3v) is 8.86. The Morgan fingerprint density at radius 3 is 1.98 bits per heavy atom. The van der Waals surface area contributed by atoms with Gasteiger partial charge in [-0.2, -0.15) is 0 Å². The summed E-state index contributed by atoms with van der Waals surface area (Å²) in [6.07, 6.45) is 0.0880. The SMILES string of the molecule is CC[C@H](C)C([C@@H](CC(N)=O)OC)N(C)C(=O)[C@@H](NC(=O)[C@H](C(C)C)N(C)C(=O)OCc1ccc(NC(=O)[C@@H](N)CCCNC(N)=O)cc1)C(C)C. The van der Waals surface area contributed by atoms with Crippen LogP contribution in [0.4, 0.5) is 15.3 Å². The van der Waals surface area contributed by atoms with Crippen LogP contribution in [0.1, 0.15) is 72.8 Å². The first-order valence-electron chi connectivity index (χ1n) is 17.3. The minimum absolute atomic E-state index is 0.0427. The van der Waals surface area contributed by atoms with Crippen molar-refractivity contribution in [2.24, 2.45) is 35.0 Å². The normalized spacial score (nSPS) is 14.7. The molecule has 1 aromatic carbocycles. The Bertz CT molecular complexity index is 1310. The highest BCUT2D eigenvalue weighted by atomic mass is 16.6. The van der Waals surface area contributed by atoms with Gasteiger partial charge >= 0.3 is 12.1 Å². The third-order valence-electron chi connectivity index (χ3n) is 8.86. The van der Waals surface area contributed by atoms with Crippen molar-refractivity contribution < 1.29 is 38.2 Å². The number of nitrogens with two attached hydrogens (primary N) is 3. The van der Waals surface area contributed by atoms with Crippen molar-refractivity contribution in [3.8, 4) is 0 Å². The summed E-state index contributed by atoms with van der Waals surface area (Å²) in [5.74, 6) is -2.51. The molecule has 0 aromatic heterocycles. The number of hydrogen-bond donors (Lipinski definition) is 6. The Balaban J connectivity index is 2.95. The Kier molecular flexibility index (Phi) is 19.0. The molecule has 6 atom stereocenters. The lowest BCUT2D eigenvalue weighted by molar-refractivity contribution is -0.144. The van der Waals surface area contributed by atoms with Crippen molar-refractivity contribution >= 4 is 41.4 Å². The number of amides is 7. The van der Waals surface area contributed by atoms with Crippen LogP contribution in [0.15, 0.2) is 24.3 Å². The number of rotatable bonds is 21. The molecule has 16 heteroatoms. The summed E-state index contributed by atoms with van der Waals surface area (Å²) in [7, 11) is 4.56. The van der Waals surface area contributed by atoms with Crippen LogP contribution >= 0.6 is 0 Å². The Morgan fingerprint density at radius 1 is 0.882 bits per heavy atom. The summed E-state index contributed by atoms with van der Waals surface area (Å²) in [6, 6.07) is 2.84. The van der Waals surface area contributed by atoms with E-state index in [1.807, 2.05) is 27.7 Å². The van der Waals surface area contributed by atoms with Crippen molar-refractivity contribution in [1.82, 2.24) is 20.4 Å². The van der Waals surface area contributed by atoms with Crippen LogP contribution in [0, 0.1) is 17.8 Å². The molecule has 0 aliphatic rings. The second kappa shape index (κ2) is 21.7. The number of nitrogens with zero attached hydrogens (tertiary/aromatic N) is 2. The highest BCUT2D eigenvalue weighted by molar-refractivity contribution is 5.94. The molecular weight excluding hydrogens is 660 g/mol. The molecule has 51 heavy (non-hydrogen) atoms.